The maximum atomic E-state index is 5.20. The monoisotopic (exact) mass is 1830 g/mol. The van der Waals surface area contributed by atoms with Gasteiger partial charge in [-0.25, -0.2) is 9.97 Å². The fourth-order valence-corrected chi connectivity index (χ4v) is 23.2. The highest BCUT2D eigenvalue weighted by Gasteiger charge is 2.38. The Morgan fingerprint density at radius 2 is 0.465 bits per heavy atom. The summed E-state index contributed by atoms with van der Waals surface area (Å²) in [4.78, 5) is 27.6. The first-order chi connectivity index (χ1) is 70.9. The Balaban J connectivity index is 0.000000112. The Hall–Kier alpha value is -18.4. The lowest BCUT2D eigenvalue weighted by Crippen LogP contribution is -2.15. The summed E-state index contributed by atoms with van der Waals surface area (Å²) < 4.78 is 0. The van der Waals surface area contributed by atoms with Gasteiger partial charge in [-0.1, -0.05) is 373 Å². The highest BCUT2D eigenvalue weighted by molar-refractivity contribution is 6.34. The van der Waals surface area contributed by atoms with E-state index in [4.69, 9.17) is 15.0 Å². The highest BCUT2D eigenvalue weighted by atomic mass is 14.7. The first-order valence-corrected chi connectivity index (χ1v) is 49.5. The molecule has 2 aliphatic carbocycles. The van der Waals surface area contributed by atoms with Gasteiger partial charge in [0.05, 0.1) is 28.5 Å². The molecule has 0 spiro atoms. The third kappa shape index (κ3) is 15.0. The van der Waals surface area contributed by atoms with E-state index >= 15 is 0 Å². The Kier molecular flexibility index (Phi) is 21.2. The van der Waals surface area contributed by atoms with Crippen LogP contribution in [0.3, 0.4) is 0 Å². The Morgan fingerprint density at radius 3 is 0.958 bits per heavy atom. The summed E-state index contributed by atoms with van der Waals surface area (Å²) >= 11 is 0. The first kappa shape index (κ1) is 86.0. The lowest BCUT2D eigenvalue weighted by molar-refractivity contribution is 0.660. The fraction of sp³-hybridized carbons (Fsp3) is 0.0435. The molecule has 676 valence electrons. The third-order valence-electron chi connectivity index (χ3n) is 30.1. The standard InChI is InChI=1S/C54H40N2.C48H32N2.C36H22N2/c1-53(2)45-16-9-7-12-37(45)39-23-21-35(31-47(39)53)51-41-14-5-6-15-42(41)52(36-22-24-40-38-13-8-10-17-46(38)54(3,4)48(40)32-36)44-30-34(20-25-43(44)51)50-19-11-18-49(56-50)33-26-28-55-29-27-33;1-3-11-33(12-4-1)36-15-9-17-39(29-36)47-42-19-7-8-20-43(42)48(40-18-10-16-37(30-40)34-13-5-2-6-14-34)45-31-38(21-23-44(45)47)41-22-24-46(50-32-41)35-25-27-49-28-26-35;1-8-25(22-26(9-1)34-15-5-14-33(38-34)23-18-20-37-21-19-23)27-16-17-32-30-11-3-7-24-6-2-10-29(35(24)30)31-13-4-12-28(27)36(31)32/h5-32H,1-4H3;1-32H;1-22H. The van der Waals surface area contributed by atoms with Crippen molar-refractivity contribution in [1.29, 1.82) is 0 Å². The Labute approximate surface area is 836 Å². The van der Waals surface area contributed by atoms with Crippen LogP contribution in [0.4, 0.5) is 0 Å². The molecule has 6 heteroatoms. The van der Waals surface area contributed by atoms with Crippen LogP contribution in [0.1, 0.15) is 49.9 Å². The molecule has 20 aromatic carbocycles. The predicted octanol–water partition coefficient (Wildman–Crippen LogP) is 36.4. The summed E-state index contributed by atoms with van der Waals surface area (Å²) in [5.41, 5.74) is 40.1. The SMILES string of the molecule is CC1(C)c2ccccc2-c2ccc(-c3c4ccccc4c(-c4ccc5c(c4)C(C)(C)c4ccccc4-5)c4cc(-c5cccc(-c6ccncc6)n5)ccc34)cc21.c1cc(-c2cccc(-c3ccncc3)n2)cc(-c2ccc3c4cccc5cccc(c6cccc2c63)c54)c1.c1ccc(-c2cccc(-c3c4ccccc4c(-c4cccc(-c5ccccc5)c4)c4cc(-c5ccc(-c6ccncc6)nc5)ccc34)c2)cc1. The van der Waals surface area contributed by atoms with Gasteiger partial charge >= 0.3 is 0 Å². The van der Waals surface area contributed by atoms with Gasteiger partial charge in [-0.3, -0.25) is 19.9 Å². The van der Waals surface area contributed by atoms with Gasteiger partial charge in [0, 0.05) is 87.6 Å². The fourth-order valence-electron chi connectivity index (χ4n) is 23.2. The van der Waals surface area contributed by atoms with E-state index < -0.39 is 0 Å². The van der Waals surface area contributed by atoms with Crippen LogP contribution in [-0.2, 0) is 10.8 Å². The zero-order valence-corrected chi connectivity index (χ0v) is 80.0. The van der Waals surface area contributed by atoms with E-state index in [-0.39, 0.29) is 10.8 Å². The van der Waals surface area contributed by atoms with Crippen LogP contribution in [0.5, 0.6) is 0 Å². The van der Waals surface area contributed by atoms with Gasteiger partial charge in [0.1, 0.15) is 0 Å². The molecular formula is C138H94N6. The van der Waals surface area contributed by atoms with Gasteiger partial charge < -0.3 is 0 Å². The zero-order valence-electron chi connectivity index (χ0n) is 80.0. The maximum absolute atomic E-state index is 5.20. The number of aromatic nitrogens is 6. The lowest BCUT2D eigenvalue weighted by Gasteiger charge is -2.24. The minimum absolute atomic E-state index is 0.0963. The van der Waals surface area contributed by atoms with E-state index in [0.29, 0.717) is 0 Å². The first-order valence-electron chi connectivity index (χ1n) is 49.5. The molecule has 0 saturated heterocycles. The summed E-state index contributed by atoms with van der Waals surface area (Å²) in [5, 5.41) is 20.4. The topological polar surface area (TPSA) is 77.3 Å². The van der Waals surface area contributed by atoms with E-state index in [9.17, 15) is 0 Å². The minimum Gasteiger partial charge on any atom is -0.265 e. The van der Waals surface area contributed by atoms with Crippen LogP contribution in [0.2, 0.25) is 0 Å². The van der Waals surface area contributed by atoms with Crippen molar-refractivity contribution < 1.29 is 0 Å². The Bertz CT molecular complexity index is 9500. The van der Waals surface area contributed by atoms with Crippen molar-refractivity contribution in [2.45, 2.75) is 38.5 Å². The van der Waals surface area contributed by atoms with E-state index in [1.807, 2.05) is 61.1 Å². The number of pyridine rings is 6. The summed E-state index contributed by atoms with van der Waals surface area (Å²) in [5.74, 6) is 0. The molecule has 0 N–H and O–H groups in total. The summed E-state index contributed by atoms with van der Waals surface area (Å²) in [6, 6.07) is 165. The molecule has 0 amide bonds. The minimum atomic E-state index is -0.106. The van der Waals surface area contributed by atoms with Crippen molar-refractivity contribution >= 4 is 86.2 Å². The zero-order chi connectivity index (χ0) is 96.1. The molecule has 0 aliphatic heterocycles. The molecule has 2 aliphatic rings. The molecule has 0 radical (unpaired) electrons. The molecule has 0 bridgehead atoms. The molecule has 144 heavy (non-hydrogen) atoms. The summed E-state index contributed by atoms with van der Waals surface area (Å²) in [6.45, 7) is 9.48. The molecule has 6 heterocycles. The average Bonchev–Trinajstić information content (AvgIpc) is 0.908. The van der Waals surface area contributed by atoms with Gasteiger partial charge in [0.25, 0.3) is 0 Å². The van der Waals surface area contributed by atoms with Crippen LogP contribution in [0.25, 0.3) is 254 Å². The molecule has 0 saturated carbocycles. The number of hydrogen-bond donors (Lipinski definition) is 0. The number of hydrogen-bond acceptors (Lipinski definition) is 6. The third-order valence-corrected chi connectivity index (χ3v) is 30.1. The van der Waals surface area contributed by atoms with Crippen molar-refractivity contribution in [3.05, 3.63) is 521 Å². The van der Waals surface area contributed by atoms with Crippen molar-refractivity contribution in [1.82, 2.24) is 29.9 Å². The number of benzene rings is 20. The van der Waals surface area contributed by atoms with Crippen molar-refractivity contribution in [2.24, 2.45) is 0 Å². The quantitative estimate of drug-likeness (QED) is 0.0846. The number of rotatable bonds is 13. The number of fused-ring (bicyclic) bond motifs is 12. The van der Waals surface area contributed by atoms with Crippen molar-refractivity contribution in [2.75, 3.05) is 0 Å². The van der Waals surface area contributed by atoms with Crippen molar-refractivity contribution in [3.8, 4) is 168 Å². The highest BCUT2D eigenvalue weighted by Crippen LogP contribution is 2.56. The van der Waals surface area contributed by atoms with Gasteiger partial charge in [-0.15, -0.1) is 0 Å². The van der Waals surface area contributed by atoms with Crippen LogP contribution >= 0.6 is 0 Å². The van der Waals surface area contributed by atoms with Gasteiger partial charge in [0.2, 0.25) is 0 Å². The maximum Gasteiger partial charge on any atom is 0.0710 e. The largest absolute Gasteiger partial charge is 0.265 e. The van der Waals surface area contributed by atoms with Gasteiger partial charge in [-0.2, -0.15) is 0 Å². The molecule has 6 nitrogen and oxygen atoms in total. The van der Waals surface area contributed by atoms with E-state index in [2.05, 4.69) is 455 Å². The van der Waals surface area contributed by atoms with Gasteiger partial charge in [0.15, 0.2) is 0 Å². The number of nitrogens with zero attached hydrogens (tertiary/aromatic N) is 6. The Morgan fingerprint density at radius 1 is 0.160 bits per heavy atom. The summed E-state index contributed by atoms with van der Waals surface area (Å²) in [6.07, 6.45) is 12.9. The molecular weight excluding hydrogens is 1740 g/mol. The summed E-state index contributed by atoms with van der Waals surface area (Å²) in [7, 11) is 0. The second-order valence-corrected chi connectivity index (χ2v) is 39.0. The smallest absolute Gasteiger partial charge is 0.0710 e. The molecule has 28 rings (SSSR count). The molecule has 6 aromatic heterocycles. The van der Waals surface area contributed by atoms with E-state index in [0.717, 1.165) is 67.4 Å². The normalized spacial score (nSPS) is 12.6. The van der Waals surface area contributed by atoms with E-state index in [1.165, 1.54) is 209 Å². The second-order valence-electron chi connectivity index (χ2n) is 39.0. The predicted molar refractivity (Wildman–Crippen MR) is 603 cm³/mol. The van der Waals surface area contributed by atoms with Crippen LogP contribution in [0, 0.1) is 0 Å². The second kappa shape index (κ2) is 35.5. The lowest BCUT2D eigenvalue weighted by atomic mass is 9.79. The van der Waals surface area contributed by atoms with Crippen molar-refractivity contribution in [3.63, 3.8) is 0 Å². The van der Waals surface area contributed by atoms with Crippen LogP contribution in [0.15, 0.2) is 498 Å². The molecule has 0 atom stereocenters. The molecule has 26 aromatic rings. The van der Waals surface area contributed by atoms with Crippen LogP contribution in [-0.4, -0.2) is 29.9 Å². The molecule has 0 fully saturated rings. The molecule has 0 unspecified atom stereocenters. The van der Waals surface area contributed by atoms with E-state index in [1.54, 1.807) is 24.8 Å². The van der Waals surface area contributed by atoms with Gasteiger partial charge in [-0.05, 0) is 323 Å². The van der Waals surface area contributed by atoms with Crippen LogP contribution < -0.4 is 0 Å². The average molecular weight is 1840 g/mol.